The topological polar surface area (TPSA) is 98.2 Å². The molecule has 2 amide bonds. The summed E-state index contributed by atoms with van der Waals surface area (Å²) >= 11 is 0. The van der Waals surface area contributed by atoms with Gasteiger partial charge in [-0.3, -0.25) is 9.59 Å². The molecule has 0 saturated carbocycles. The van der Waals surface area contributed by atoms with E-state index in [9.17, 15) is 22.8 Å². The lowest BCUT2D eigenvalue weighted by atomic mass is 9.90. The number of primary amides is 1. The summed E-state index contributed by atoms with van der Waals surface area (Å²) in [5.41, 5.74) is 14.7. The van der Waals surface area contributed by atoms with E-state index in [0.29, 0.717) is 33.6 Å². The Morgan fingerprint density at radius 1 is 0.757 bits per heavy atom. The van der Waals surface area contributed by atoms with Gasteiger partial charge in [-0.25, -0.2) is 0 Å². The first-order valence-corrected chi connectivity index (χ1v) is 11.2. The average Bonchev–Trinajstić information content (AvgIpc) is 2.88. The molecule has 186 valence electrons. The van der Waals surface area contributed by atoms with Crippen molar-refractivity contribution in [2.45, 2.75) is 6.18 Å². The lowest BCUT2D eigenvalue weighted by Gasteiger charge is -2.14. The van der Waals surface area contributed by atoms with Gasteiger partial charge >= 0.3 is 6.18 Å². The van der Waals surface area contributed by atoms with Gasteiger partial charge in [0.25, 0.3) is 0 Å². The third kappa shape index (κ3) is 5.87. The van der Waals surface area contributed by atoms with Crippen molar-refractivity contribution in [3.8, 4) is 22.3 Å². The molecule has 0 atom stereocenters. The van der Waals surface area contributed by atoms with Crippen LogP contribution in [0.5, 0.6) is 0 Å². The molecule has 0 fully saturated rings. The highest BCUT2D eigenvalue weighted by Gasteiger charge is 2.30. The quantitative estimate of drug-likeness (QED) is 0.211. The van der Waals surface area contributed by atoms with Gasteiger partial charge in [0.15, 0.2) is 0 Å². The van der Waals surface area contributed by atoms with Crippen LogP contribution in [0.3, 0.4) is 0 Å². The maximum Gasteiger partial charge on any atom is 0.416 e. The van der Waals surface area contributed by atoms with E-state index in [1.165, 1.54) is 18.2 Å². The minimum Gasteiger partial charge on any atom is -0.397 e. The number of nitrogen functional groups attached to an aromatic ring is 1. The van der Waals surface area contributed by atoms with E-state index in [0.717, 1.165) is 17.7 Å². The van der Waals surface area contributed by atoms with Crippen molar-refractivity contribution in [2.24, 2.45) is 5.73 Å². The number of carbonyl (C=O) groups is 2. The van der Waals surface area contributed by atoms with Crippen LogP contribution in [-0.2, 0) is 11.0 Å². The van der Waals surface area contributed by atoms with Crippen LogP contribution in [0.2, 0.25) is 0 Å². The monoisotopic (exact) mass is 501 g/mol. The number of anilines is 2. The summed E-state index contributed by atoms with van der Waals surface area (Å²) in [6.45, 7) is 0. The van der Waals surface area contributed by atoms with Crippen LogP contribution in [0.25, 0.3) is 28.3 Å². The lowest BCUT2D eigenvalue weighted by Crippen LogP contribution is -2.14. The smallest absolute Gasteiger partial charge is 0.397 e. The van der Waals surface area contributed by atoms with Crippen LogP contribution < -0.4 is 16.8 Å². The number of benzene rings is 4. The number of para-hydroxylation sites is 2. The van der Waals surface area contributed by atoms with Crippen LogP contribution in [0, 0.1) is 0 Å². The Hall–Kier alpha value is -4.85. The van der Waals surface area contributed by atoms with Crippen molar-refractivity contribution in [2.75, 3.05) is 11.1 Å². The number of rotatable bonds is 6. The zero-order chi connectivity index (χ0) is 26.6. The summed E-state index contributed by atoms with van der Waals surface area (Å²) < 4.78 is 38.9. The Labute approximate surface area is 211 Å². The predicted octanol–water partition coefficient (Wildman–Crippen LogP) is 6.37. The fraction of sp³-hybridized carbons (Fsp3) is 0.0345. The van der Waals surface area contributed by atoms with E-state index in [-0.39, 0.29) is 11.5 Å². The van der Waals surface area contributed by atoms with Gasteiger partial charge in [0.1, 0.15) is 0 Å². The SMILES string of the molecule is NC(=O)c1c(-c2ccc(/C=C/C(=O)Nc3ccccc3N)cc2)cccc1-c1ccc(C(F)(F)F)cc1. The standard InChI is InChI=1S/C29H22F3N3O2/c30-29(31,32)21-15-13-20(14-16-21)23-5-3-4-22(27(23)28(34)37)19-11-8-18(9-12-19)10-17-26(36)35-25-7-2-1-6-24(25)33/h1-17H,33H2,(H2,34,37)(H,35,36)/b17-10+. The van der Waals surface area contributed by atoms with Gasteiger partial charge in [-0.1, -0.05) is 66.7 Å². The highest BCUT2D eigenvalue weighted by Crippen LogP contribution is 2.35. The zero-order valence-electron chi connectivity index (χ0n) is 19.4. The predicted molar refractivity (Wildman–Crippen MR) is 139 cm³/mol. The first kappa shape index (κ1) is 25.2. The highest BCUT2D eigenvalue weighted by molar-refractivity contribution is 6.06. The van der Waals surface area contributed by atoms with Gasteiger partial charge < -0.3 is 16.8 Å². The van der Waals surface area contributed by atoms with E-state index in [2.05, 4.69) is 5.32 Å². The maximum atomic E-state index is 13.0. The maximum absolute atomic E-state index is 13.0. The van der Waals surface area contributed by atoms with E-state index < -0.39 is 17.6 Å². The number of alkyl halides is 3. The third-order valence-corrected chi connectivity index (χ3v) is 5.70. The molecule has 0 aliphatic heterocycles. The lowest BCUT2D eigenvalue weighted by molar-refractivity contribution is -0.137. The van der Waals surface area contributed by atoms with Gasteiger partial charge in [-0.05, 0) is 58.2 Å². The molecule has 5 N–H and O–H groups in total. The van der Waals surface area contributed by atoms with Crippen LogP contribution >= 0.6 is 0 Å². The fourth-order valence-corrected chi connectivity index (χ4v) is 3.87. The number of amides is 2. The van der Waals surface area contributed by atoms with Crippen molar-refractivity contribution in [1.82, 2.24) is 0 Å². The van der Waals surface area contributed by atoms with Gasteiger partial charge in [-0.15, -0.1) is 0 Å². The molecule has 0 bridgehead atoms. The largest absolute Gasteiger partial charge is 0.416 e. The Bertz CT molecular complexity index is 1480. The molecule has 0 aliphatic carbocycles. The van der Waals surface area contributed by atoms with Gasteiger partial charge in [0, 0.05) is 6.08 Å². The normalized spacial score (nSPS) is 11.4. The molecule has 4 rings (SSSR count). The second-order valence-electron chi connectivity index (χ2n) is 8.20. The number of halogens is 3. The van der Waals surface area contributed by atoms with E-state index in [1.807, 2.05) is 0 Å². The minimum atomic E-state index is -4.46. The summed E-state index contributed by atoms with van der Waals surface area (Å²) in [6, 6.07) is 23.6. The third-order valence-electron chi connectivity index (χ3n) is 5.70. The summed E-state index contributed by atoms with van der Waals surface area (Å²) in [4.78, 5) is 24.6. The molecule has 4 aromatic carbocycles. The molecule has 5 nitrogen and oxygen atoms in total. The molecule has 0 saturated heterocycles. The molecule has 0 aromatic heterocycles. The van der Waals surface area contributed by atoms with Crippen molar-refractivity contribution in [1.29, 1.82) is 0 Å². The van der Waals surface area contributed by atoms with E-state index >= 15 is 0 Å². The molecule has 37 heavy (non-hydrogen) atoms. The summed E-state index contributed by atoms with van der Waals surface area (Å²) in [7, 11) is 0. The van der Waals surface area contributed by atoms with Crippen molar-refractivity contribution in [3.63, 3.8) is 0 Å². The number of nitrogens with one attached hydrogen (secondary N) is 1. The Balaban J connectivity index is 1.59. The minimum absolute atomic E-state index is 0.199. The van der Waals surface area contributed by atoms with E-state index in [4.69, 9.17) is 11.5 Å². The van der Waals surface area contributed by atoms with Gasteiger partial charge in [0.05, 0.1) is 22.5 Å². The molecule has 4 aromatic rings. The average molecular weight is 502 g/mol. The summed E-state index contributed by atoms with van der Waals surface area (Å²) in [5.74, 6) is -1.05. The second-order valence-corrected chi connectivity index (χ2v) is 8.20. The molecule has 0 unspecified atom stereocenters. The number of nitrogens with two attached hydrogens (primary N) is 2. The van der Waals surface area contributed by atoms with Crippen molar-refractivity contribution >= 4 is 29.3 Å². The Kier molecular flexibility index (Phi) is 7.11. The molecule has 8 heteroatoms. The molecule has 0 spiro atoms. The first-order chi connectivity index (χ1) is 17.6. The second kappa shape index (κ2) is 10.4. The Morgan fingerprint density at radius 2 is 1.32 bits per heavy atom. The van der Waals surface area contributed by atoms with Crippen molar-refractivity contribution in [3.05, 3.63) is 114 Å². The highest BCUT2D eigenvalue weighted by atomic mass is 19.4. The summed E-state index contributed by atoms with van der Waals surface area (Å²) in [6.07, 6.45) is -1.45. The first-order valence-electron chi connectivity index (χ1n) is 11.2. The molecular formula is C29H22F3N3O2. The molecule has 0 heterocycles. The summed E-state index contributed by atoms with van der Waals surface area (Å²) in [5, 5.41) is 2.71. The van der Waals surface area contributed by atoms with Crippen LogP contribution in [-0.4, -0.2) is 11.8 Å². The number of carbonyl (C=O) groups excluding carboxylic acids is 2. The Morgan fingerprint density at radius 3 is 1.86 bits per heavy atom. The molecular weight excluding hydrogens is 479 g/mol. The fourth-order valence-electron chi connectivity index (χ4n) is 3.87. The zero-order valence-corrected chi connectivity index (χ0v) is 19.4. The number of hydrogen-bond donors (Lipinski definition) is 3. The number of hydrogen-bond acceptors (Lipinski definition) is 3. The van der Waals surface area contributed by atoms with E-state index in [1.54, 1.807) is 72.8 Å². The van der Waals surface area contributed by atoms with Crippen LogP contribution in [0.4, 0.5) is 24.5 Å². The molecule has 0 aliphatic rings. The van der Waals surface area contributed by atoms with Gasteiger partial charge in [0.2, 0.25) is 11.8 Å². The van der Waals surface area contributed by atoms with Gasteiger partial charge in [-0.2, -0.15) is 13.2 Å². The van der Waals surface area contributed by atoms with Crippen molar-refractivity contribution < 1.29 is 22.8 Å². The van der Waals surface area contributed by atoms with Crippen LogP contribution in [0.1, 0.15) is 21.5 Å². The van der Waals surface area contributed by atoms with Crippen LogP contribution in [0.15, 0.2) is 97.1 Å². The molecule has 0 radical (unpaired) electrons.